The van der Waals surface area contributed by atoms with E-state index in [2.05, 4.69) is 15.9 Å². The summed E-state index contributed by atoms with van der Waals surface area (Å²) in [5, 5.41) is 0.493. The van der Waals surface area contributed by atoms with Crippen LogP contribution in [-0.2, 0) is 14.8 Å². The van der Waals surface area contributed by atoms with Gasteiger partial charge in [-0.3, -0.25) is 0 Å². The van der Waals surface area contributed by atoms with E-state index in [9.17, 15) is 8.42 Å². The molecule has 4 nitrogen and oxygen atoms in total. The van der Waals surface area contributed by atoms with Crippen molar-refractivity contribution in [2.75, 3.05) is 26.8 Å². The van der Waals surface area contributed by atoms with Gasteiger partial charge in [0, 0.05) is 24.7 Å². The number of hydrogen-bond acceptors (Lipinski definition) is 3. The Morgan fingerprint density at radius 3 is 2.85 bits per heavy atom. The predicted octanol–water partition coefficient (Wildman–Crippen LogP) is 3.15. The summed E-state index contributed by atoms with van der Waals surface area (Å²) in [4.78, 5) is 0.244. The van der Waals surface area contributed by atoms with Crippen LogP contribution in [0.5, 0.6) is 0 Å². The molecule has 2 rings (SSSR count). The molecule has 1 aliphatic rings. The Hall–Kier alpha value is -0.140. The first-order chi connectivity index (χ1) is 9.41. The number of sulfonamides is 1. The zero-order chi connectivity index (χ0) is 14.8. The minimum atomic E-state index is -3.49. The summed E-state index contributed by atoms with van der Waals surface area (Å²) in [5.74, 6) is 0.263. The van der Waals surface area contributed by atoms with Crippen molar-refractivity contribution in [3.8, 4) is 0 Å². The monoisotopic (exact) mass is 381 g/mol. The highest BCUT2D eigenvalue weighted by Crippen LogP contribution is 2.27. The molecular weight excluding hydrogens is 366 g/mol. The molecule has 1 aliphatic heterocycles. The average molecular weight is 383 g/mol. The van der Waals surface area contributed by atoms with E-state index in [-0.39, 0.29) is 10.8 Å². The first-order valence-corrected chi connectivity index (χ1v) is 9.01. The summed E-state index contributed by atoms with van der Waals surface area (Å²) in [6.45, 7) is 1.88. The van der Waals surface area contributed by atoms with Crippen molar-refractivity contribution in [1.29, 1.82) is 0 Å². The SMILES string of the molecule is CN(CC1CCCOC1)S(=O)(=O)c1ccc(Cl)c(Br)c1. The Kier molecular flexibility index (Phi) is 5.48. The zero-order valence-electron chi connectivity index (χ0n) is 11.2. The van der Waals surface area contributed by atoms with Gasteiger partial charge in [-0.25, -0.2) is 12.7 Å². The van der Waals surface area contributed by atoms with Gasteiger partial charge in [0.2, 0.25) is 10.0 Å². The fourth-order valence-electron chi connectivity index (χ4n) is 2.23. The molecule has 1 heterocycles. The number of rotatable bonds is 4. The van der Waals surface area contributed by atoms with E-state index in [1.165, 1.54) is 16.4 Å². The van der Waals surface area contributed by atoms with E-state index in [0.717, 1.165) is 19.4 Å². The largest absolute Gasteiger partial charge is 0.381 e. The van der Waals surface area contributed by atoms with Gasteiger partial charge in [0.05, 0.1) is 16.5 Å². The van der Waals surface area contributed by atoms with Gasteiger partial charge >= 0.3 is 0 Å². The van der Waals surface area contributed by atoms with Crippen LogP contribution in [0.2, 0.25) is 5.02 Å². The fraction of sp³-hybridized carbons (Fsp3) is 0.538. The van der Waals surface area contributed by atoms with E-state index in [4.69, 9.17) is 16.3 Å². The molecular formula is C13H17BrClNO3S. The van der Waals surface area contributed by atoms with Crippen molar-refractivity contribution < 1.29 is 13.2 Å². The molecule has 0 bridgehead atoms. The maximum absolute atomic E-state index is 12.5. The Morgan fingerprint density at radius 1 is 1.50 bits per heavy atom. The molecule has 0 spiro atoms. The van der Waals surface area contributed by atoms with Crippen molar-refractivity contribution in [2.45, 2.75) is 17.7 Å². The van der Waals surface area contributed by atoms with Crippen LogP contribution in [0.4, 0.5) is 0 Å². The lowest BCUT2D eigenvalue weighted by atomic mass is 10.0. The van der Waals surface area contributed by atoms with E-state index in [0.29, 0.717) is 22.6 Å². The Balaban J connectivity index is 2.13. The second-order valence-corrected chi connectivity index (χ2v) is 8.25. The molecule has 1 aromatic rings. The first kappa shape index (κ1) is 16.2. The lowest BCUT2D eigenvalue weighted by molar-refractivity contribution is 0.0495. The zero-order valence-corrected chi connectivity index (χ0v) is 14.3. The molecule has 1 atom stereocenters. The van der Waals surface area contributed by atoms with E-state index < -0.39 is 10.0 Å². The van der Waals surface area contributed by atoms with Crippen LogP contribution in [0.1, 0.15) is 12.8 Å². The van der Waals surface area contributed by atoms with E-state index in [1.54, 1.807) is 13.1 Å². The minimum absolute atomic E-state index is 0.244. The maximum atomic E-state index is 12.5. The molecule has 1 saturated heterocycles. The van der Waals surface area contributed by atoms with Gasteiger partial charge in [0.15, 0.2) is 0 Å². The molecule has 0 saturated carbocycles. The summed E-state index contributed by atoms with van der Waals surface area (Å²) < 4.78 is 32.3. The molecule has 0 amide bonds. The third-order valence-corrected chi connectivity index (χ3v) is 6.40. The highest BCUT2D eigenvalue weighted by Gasteiger charge is 2.25. The normalized spacial score (nSPS) is 20.3. The standard InChI is InChI=1S/C13H17BrClNO3S/c1-16(8-10-3-2-6-19-9-10)20(17,18)11-4-5-13(15)12(14)7-11/h4-5,7,10H,2-3,6,8-9H2,1H3. The lowest BCUT2D eigenvalue weighted by Crippen LogP contribution is -2.35. The van der Waals surface area contributed by atoms with Gasteiger partial charge < -0.3 is 4.74 Å². The van der Waals surface area contributed by atoms with Crippen molar-refractivity contribution in [3.63, 3.8) is 0 Å². The second kappa shape index (κ2) is 6.75. The number of hydrogen-bond donors (Lipinski definition) is 0. The molecule has 0 N–H and O–H groups in total. The third kappa shape index (κ3) is 3.74. The molecule has 0 radical (unpaired) electrons. The second-order valence-electron chi connectivity index (χ2n) is 4.94. The molecule has 1 unspecified atom stereocenters. The smallest absolute Gasteiger partial charge is 0.242 e. The summed E-state index contributed by atoms with van der Waals surface area (Å²) in [6.07, 6.45) is 2.00. The van der Waals surface area contributed by atoms with Crippen LogP contribution < -0.4 is 0 Å². The van der Waals surface area contributed by atoms with Gasteiger partial charge in [-0.15, -0.1) is 0 Å². The Bertz CT molecular complexity index is 573. The molecule has 112 valence electrons. The highest BCUT2D eigenvalue weighted by atomic mass is 79.9. The minimum Gasteiger partial charge on any atom is -0.381 e. The third-order valence-electron chi connectivity index (χ3n) is 3.37. The summed E-state index contributed by atoms with van der Waals surface area (Å²) in [7, 11) is -1.88. The Morgan fingerprint density at radius 2 is 2.25 bits per heavy atom. The van der Waals surface area contributed by atoms with Gasteiger partial charge in [-0.05, 0) is 52.9 Å². The van der Waals surface area contributed by atoms with Crippen LogP contribution in [0, 0.1) is 5.92 Å². The van der Waals surface area contributed by atoms with Gasteiger partial charge in [0.1, 0.15) is 0 Å². The van der Waals surface area contributed by atoms with Crippen LogP contribution in [0.25, 0.3) is 0 Å². The predicted molar refractivity (Wildman–Crippen MR) is 82.5 cm³/mol. The van der Waals surface area contributed by atoms with Crippen molar-refractivity contribution in [3.05, 3.63) is 27.7 Å². The fourth-order valence-corrected chi connectivity index (χ4v) is 4.15. The van der Waals surface area contributed by atoms with Gasteiger partial charge in [-0.1, -0.05) is 11.6 Å². The molecule has 0 aromatic heterocycles. The number of ether oxygens (including phenoxy) is 1. The molecule has 1 fully saturated rings. The van der Waals surface area contributed by atoms with Crippen LogP contribution in [0.3, 0.4) is 0 Å². The van der Waals surface area contributed by atoms with Crippen LogP contribution in [-0.4, -0.2) is 39.5 Å². The number of halogens is 2. The number of nitrogens with zero attached hydrogens (tertiary/aromatic N) is 1. The average Bonchev–Trinajstić information content (AvgIpc) is 2.42. The summed E-state index contributed by atoms with van der Waals surface area (Å²) in [5.41, 5.74) is 0. The van der Waals surface area contributed by atoms with Crippen molar-refractivity contribution in [2.24, 2.45) is 5.92 Å². The topological polar surface area (TPSA) is 46.6 Å². The molecule has 7 heteroatoms. The van der Waals surface area contributed by atoms with Crippen molar-refractivity contribution in [1.82, 2.24) is 4.31 Å². The van der Waals surface area contributed by atoms with E-state index in [1.807, 2.05) is 0 Å². The van der Waals surface area contributed by atoms with Crippen LogP contribution >= 0.6 is 27.5 Å². The summed E-state index contributed by atoms with van der Waals surface area (Å²) >= 11 is 9.15. The molecule has 20 heavy (non-hydrogen) atoms. The van der Waals surface area contributed by atoms with Gasteiger partial charge in [0.25, 0.3) is 0 Å². The van der Waals surface area contributed by atoms with E-state index >= 15 is 0 Å². The quantitative estimate of drug-likeness (QED) is 0.803. The maximum Gasteiger partial charge on any atom is 0.242 e. The molecule has 1 aromatic carbocycles. The molecule has 0 aliphatic carbocycles. The summed E-state index contributed by atoms with van der Waals surface area (Å²) in [6, 6.07) is 4.64. The number of benzene rings is 1. The Labute approximate surface area is 133 Å². The lowest BCUT2D eigenvalue weighted by Gasteiger charge is -2.26. The van der Waals surface area contributed by atoms with Gasteiger partial charge in [-0.2, -0.15) is 0 Å². The van der Waals surface area contributed by atoms with Crippen molar-refractivity contribution >= 4 is 37.6 Å². The highest BCUT2D eigenvalue weighted by molar-refractivity contribution is 9.10. The first-order valence-electron chi connectivity index (χ1n) is 6.40. The van der Waals surface area contributed by atoms with Crippen LogP contribution in [0.15, 0.2) is 27.6 Å².